The first-order chi connectivity index (χ1) is 13.1. The van der Waals surface area contributed by atoms with Crippen molar-refractivity contribution in [2.45, 2.75) is 31.6 Å². The molecule has 0 unspecified atom stereocenters. The summed E-state index contributed by atoms with van der Waals surface area (Å²) in [7, 11) is 0. The number of oxime groups is 1. The van der Waals surface area contributed by atoms with E-state index in [-0.39, 0.29) is 29.9 Å². The van der Waals surface area contributed by atoms with Gasteiger partial charge in [-0.3, -0.25) is 9.59 Å². The van der Waals surface area contributed by atoms with Crippen molar-refractivity contribution in [2.75, 3.05) is 0 Å². The molecule has 2 aliphatic rings. The van der Waals surface area contributed by atoms with Crippen LogP contribution < -0.4 is 5.32 Å². The first-order valence-electron chi connectivity index (χ1n) is 8.96. The van der Waals surface area contributed by atoms with Gasteiger partial charge in [-0.05, 0) is 17.7 Å². The quantitative estimate of drug-likeness (QED) is 0.846. The minimum absolute atomic E-state index is 0.181. The predicted molar refractivity (Wildman–Crippen MR) is 99.2 cm³/mol. The molecular formula is C21H20N2O4. The molecule has 1 amide bonds. The molecule has 1 saturated carbocycles. The highest BCUT2D eigenvalue weighted by Crippen LogP contribution is 2.38. The van der Waals surface area contributed by atoms with E-state index >= 15 is 0 Å². The zero-order chi connectivity index (χ0) is 18.8. The molecule has 1 heterocycles. The molecule has 4 rings (SSSR count). The summed E-state index contributed by atoms with van der Waals surface area (Å²) in [5, 5.41) is 7.27. The van der Waals surface area contributed by atoms with Crippen LogP contribution in [0.4, 0.5) is 0 Å². The lowest BCUT2D eigenvalue weighted by Gasteiger charge is -2.18. The Morgan fingerprint density at radius 2 is 1.74 bits per heavy atom. The zero-order valence-corrected chi connectivity index (χ0v) is 14.9. The Hall–Kier alpha value is -3.15. The third-order valence-electron chi connectivity index (χ3n) is 4.97. The summed E-state index contributed by atoms with van der Waals surface area (Å²) in [4.78, 5) is 29.8. The van der Waals surface area contributed by atoms with Crippen LogP contribution in [0.25, 0.3) is 0 Å². The first-order valence-corrected chi connectivity index (χ1v) is 8.96. The van der Waals surface area contributed by atoms with Crippen molar-refractivity contribution in [2.24, 2.45) is 11.1 Å². The van der Waals surface area contributed by atoms with Gasteiger partial charge in [0.15, 0.2) is 6.10 Å². The number of carbonyl (C=O) groups is 2. The first kappa shape index (κ1) is 17.3. The Labute approximate surface area is 157 Å². The molecule has 1 aliphatic carbocycles. The van der Waals surface area contributed by atoms with E-state index in [9.17, 15) is 9.59 Å². The van der Waals surface area contributed by atoms with Crippen molar-refractivity contribution >= 4 is 17.6 Å². The maximum atomic E-state index is 12.6. The van der Waals surface area contributed by atoms with Gasteiger partial charge in [0, 0.05) is 18.9 Å². The van der Waals surface area contributed by atoms with Crippen molar-refractivity contribution < 1.29 is 19.2 Å². The van der Waals surface area contributed by atoms with Crippen LogP contribution in [-0.4, -0.2) is 35.8 Å². The summed E-state index contributed by atoms with van der Waals surface area (Å²) in [6.45, 7) is 1.39. The van der Waals surface area contributed by atoms with Crippen LogP contribution >= 0.6 is 0 Å². The third kappa shape index (κ3) is 3.43. The molecule has 6 nitrogen and oxygen atoms in total. The Morgan fingerprint density at radius 1 is 1.07 bits per heavy atom. The molecule has 2 aromatic carbocycles. The summed E-state index contributed by atoms with van der Waals surface area (Å²) in [6, 6.07) is 18.4. The monoisotopic (exact) mass is 364 g/mol. The average Bonchev–Trinajstić information content (AvgIpc) is 3.25. The van der Waals surface area contributed by atoms with Gasteiger partial charge in [-0.15, -0.1) is 0 Å². The number of amides is 1. The average molecular weight is 364 g/mol. The summed E-state index contributed by atoms with van der Waals surface area (Å²) in [6.07, 6.45) is -0.272. The van der Waals surface area contributed by atoms with Gasteiger partial charge in [-0.2, -0.15) is 0 Å². The normalized spacial score (nSPS) is 25.9. The van der Waals surface area contributed by atoms with E-state index < -0.39 is 6.10 Å². The molecule has 4 atom stereocenters. The number of hydrogen-bond donors (Lipinski definition) is 1. The van der Waals surface area contributed by atoms with Gasteiger partial charge < -0.3 is 14.9 Å². The fourth-order valence-electron chi connectivity index (χ4n) is 3.81. The van der Waals surface area contributed by atoms with Gasteiger partial charge in [-0.25, -0.2) is 0 Å². The Morgan fingerprint density at radius 3 is 2.41 bits per heavy atom. The maximum Gasteiger partial charge on any atom is 0.302 e. The Balaban J connectivity index is 1.56. The molecule has 27 heavy (non-hydrogen) atoms. The number of benzene rings is 2. The van der Waals surface area contributed by atoms with E-state index in [4.69, 9.17) is 9.57 Å². The SMILES string of the molecule is CC(=O)O[C@@H]1C[C@H](NC(=O)c2ccccc2)[C@H]2ON=C(c3ccccc3)[C@H]21. The molecule has 1 fully saturated rings. The lowest BCUT2D eigenvalue weighted by atomic mass is 9.92. The van der Waals surface area contributed by atoms with E-state index in [0.717, 1.165) is 11.3 Å². The highest BCUT2D eigenvalue weighted by Gasteiger charge is 2.53. The number of fused-ring (bicyclic) bond motifs is 1. The van der Waals surface area contributed by atoms with E-state index in [1.165, 1.54) is 6.92 Å². The van der Waals surface area contributed by atoms with Crippen LogP contribution in [0, 0.1) is 5.92 Å². The predicted octanol–water partition coefficient (Wildman–Crippen LogP) is 2.54. The largest absolute Gasteiger partial charge is 0.462 e. The second kappa shape index (κ2) is 7.23. The Bertz CT molecular complexity index is 866. The number of nitrogens with one attached hydrogen (secondary N) is 1. The summed E-state index contributed by atoms with van der Waals surface area (Å²) in [5.41, 5.74) is 2.26. The molecule has 0 spiro atoms. The highest BCUT2D eigenvalue weighted by atomic mass is 16.6. The molecule has 2 aromatic rings. The lowest BCUT2D eigenvalue weighted by molar-refractivity contribution is -0.147. The summed E-state index contributed by atoms with van der Waals surface area (Å²) >= 11 is 0. The van der Waals surface area contributed by atoms with Crippen LogP contribution in [0.2, 0.25) is 0 Å². The van der Waals surface area contributed by atoms with Crippen molar-refractivity contribution in [3.05, 3.63) is 71.8 Å². The molecule has 138 valence electrons. The van der Waals surface area contributed by atoms with Crippen molar-refractivity contribution in [1.82, 2.24) is 5.32 Å². The van der Waals surface area contributed by atoms with Gasteiger partial charge in [0.2, 0.25) is 0 Å². The van der Waals surface area contributed by atoms with E-state index in [2.05, 4.69) is 10.5 Å². The van der Waals surface area contributed by atoms with E-state index in [1.807, 2.05) is 48.5 Å². The third-order valence-corrected chi connectivity index (χ3v) is 4.97. The second-order valence-corrected chi connectivity index (χ2v) is 6.77. The molecule has 1 aliphatic heterocycles. The molecule has 1 N–H and O–H groups in total. The van der Waals surface area contributed by atoms with Crippen molar-refractivity contribution in [3.63, 3.8) is 0 Å². The molecule has 0 aromatic heterocycles. The number of ether oxygens (including phenoxy) is 1. The topological polar surface area (TPSA) is 77.0 Å². The number of rotatable bonds is 4. The van der Waals surface area contributed by atoms with Gasteiger partial charge in [0.1, 0.15) is 6.10 Å². The maximum absolute atomic E-state index is 12.6. The zero-order valence-electron chi connectivity index (χ0n) is 14.9. The molecular weight excluding hydrogens is 344 g/mol. The number of hydrogen-bond acceptors (Lipinski definition) is 5. The van der Waals surface area contributed by atoms with Crippen LogP contribution in [0.5, 0.6) is 0 Å². The molecule has 0 radical (unpaired) electrons. The fraction of sp³-hybridized carbons (Fsp3) is 0.286. The molecule has 0 bridgehead atoms. The number of esters is 1. The second-order valence-electron chi connectivity index (χ2n) is 6.77. The Kier molecular flexibility index (Phi) is 4.62. The van der Waals surface area contributed by atoms with Gasteiger partial charge in [-0.1, -0.05) is 53.7 Å². The van der Waals surface area contributed by atoms with Crippen LogP contribution in [0.1, 0.15) is 29.3 Å². The minimum atomic E-state index is -0.393. The van der Waals surface area contributed by atoms with Gasteiger partial charge in [0.05, 0.1) is 17.7 Å². The number of carbonyl (C=O) groups excluding carboxylic acids is 2. The lowest BCUT2D eigenvalue weighted by Crippen LogP contribution is -2.42. The molecule has 0 saturated heterocycles. The standard InChI is InChI=1S/C21H20N2O4/c1-13(24)26-17-12-16(22-21(25)15-10-6-3-7-11-15)20-18(17)19(23-27-20)14-8-4-2-5-9-14/h2-11,16-18,20H,12H2,1H3,(H,22,25)/t16-,17+,18+,20+/m0/s1. The van der Waals surface area contributed by atoms with Crippen LogP contribution in [0.15, 0.2) is 65.8 Å². The van der Waals surface area contributed by atoms with E-state index in [0.29, 0.717) is 12.0 Å². The van der Waals surface area contributed by atoms with Crippen LogP contribution in [-0.2, 0) is 14.4 Å². The van der Waals surface area contributed by atoms with Crippen molar-refractivity contribution in [3.8, 4) is 0 Å². The fourth-order valence-corrected chi connectivity index (χ4v) is 3.81. The minimum Gasteiger partial charge on any atom is -0.462 e. The van der Waals surface area contributed by atoms with Gasteiger partial charge >= 0.3 is 5.97 Å². The van der Waals surface area contributed by atoms with Gasteiger partial charge in [0.25, 0.3) is 5.91 Å². The highest BCUT2D eigenvalue weighted by molar-refractivity contribution is 6.04. The summed E-state index contributed by atoms with van der Waals surface area (Å²) < 4.78 is 5.54. The summed E-state index contributed by atoms with van der Waals surface area (Å²) in [5.74, 6) is -0.745. The van der Waals surface area contributed by atoms with Crippen molar-refractivity contribution in [1.29, 1.82) is 0 Å². The van der Waals surface area contributed by atoms with Crippen LogP contribution in [0.3, 0.4) is 0 Å². The molecule has 6 heteroatoms. The smallest absolute Gasteiger partial charge is 0.302 e. The van der Waals surface area contributed by atoms with E-state index in [1.54, 1.807) is 12.1 Å². The number of nitrogens with zero attached hydrogens (tertiary/aromatic N) is 1.